The lowest BCUT2D eigenvalue weighted by Crippen LogP contribution is -2.22. The molecule has 0 unspecified atom stereocenters. The number of fused-ring (bicyclic) bond motifs is 1. The minimum Gasteiger partial charge on any atom is -0.486 e. The Morgan fingerprint density at radius 3 is 2.60 bits per heavy atom. The summed E-state index contributed by atoms with van der Waals surface area (Å²) in [6.07, 6.45) is 2.42. The smallest absolute Gasteiger partial charge is 0.255 e. The first kappa shape index (κ1) is 19.6. The van der Waals surface area contributed by atoms with Crippen LogP contribution in [-0.4, -0.2) is 41.4 Å². The average Bonchev–Trinajstić information content (AvgIpc) is 3.35. The lowest BCUT2D eigenvalue weighted by molar-refractivity contribution is 0.0955. The summed E-state index contributed by atoms with van der Waals surface area (Å²) >= 11 is 0. The Bertz CT molecular complexity index is 1100. The van der Waals surface area contributed by atoms with Crippen LogP contribution >= 0.6 is 0 Å². The fourth-order valence-corrected chi connectivity index (χ4v) is 3.73. The predicted molar refractivity (Wildman–Crippen MR) is 110 cm³/mol. The molecule has 0 spiro atoms. The summed E-state index contributed by atoms with van der Waals surface area (Å²) in [7, 11) is 3.24. The van der Waals surface area contributed by atoms with Crippen molar-refractivity contribution < 1.29 is 18.7 Å². The van der Waals surface area contributed by atoms with Gasteiger partial charge in [-0.25, -0.2) is 4.39 Å². The van der Waals surface area contributed by atoms with Crippen LogP contribution in [0.5, 0.6) is 5.75 Å². The molecule has 1 aliphatic heterocycles. The number of nitrogens with one attached hydrogen (secondary N) is 2. The van der Waals surface area contributed by atoms with E-state index in [1.165, 1.54) is 19.3 Å². The molecule has 1 aliphatic rings. The molecule has 1 aromatic heterocycles. The Morgan fingerprint density at radius 2 is 1.97 bits per heavy atom. The minimum absolute atomic E-state index is 0.197. The molecule has 8 heteroatoms. The Morgan fingerprint density at radius 1 is 1.20 bits per heavy atom. The van der Waals surface area contributed by atoms with Crippen LogP contribution in [0.2, 0.25) is 0 Å². The third kappa shape index (κ3) is 3.52. The van der Waals surface area contributed by atoms with Crippen LogP contribution in [0, 0.1) is 0 Å². The second-order valence-electron chi connectivity index (χ2n) is 7.08. The monoisotopic (exact) mass is 408 g/mol. The maximum Gasteiger partial charge on any atom is 0.255 e. The fraction of sp³-hybridized carbons (Fsp3) is 0.227. The number of aromatic nitrogens is 2. The molecular weight excluding hydrogens is 387 g/mol. The normalized spacial score (nSPS) is 17.2. The van der Waals surface area contributed by atoms with Crippen molar-refractivity contribution in [2.75, 3.05) is 19.0 Å². The summed E-state index contributed by atoms with van der Waals surface area (Å²) in [6.45, 7) is -0.724. The minimum atomic E-state index is -0.776. The third-order valence-electron chi connectivity index (χ3n) is 5.10. The summed E-state index contributed by atoms with van der Waals surface area (Å²) in [5.74, 6) is -0.926. The highest BCUT2D eigenvalue weighted by Crippen LogP contribution is 2.45. The van der Waals surface area contributed by atoms with E-state index in [9.17, 15) is 14.0 Å². The maximum atomic E-state index is 13.8. The van der Waals surface area contributed by atoms with Gasteiger partial charge in [0.2, 0.25) is 0 Å². The molecule has 0 radical (unpaired) electrons. The Labute approximate surface area is 172 Å². The number of hydrogen-bond donors (Lipinski definition) is 2. The topological polar surface area (TPSA) is 85.3 Å². The fourth-order valence-electron chi connectivity index (χ4n) is 3.73. The van der Waals surface area contributed by atoms with Crippen molar-refractivity contribution in [2.24, 2.45) is 7.05 Å². The third-order valence-corrected chi connectivity index (χ3v) is 5.10. The van der Waals surface area contributed by atoms with Crippen LogP contribution in [-0.2, 0) is 7.05 Å². The van der Waals surface area contributed by atoms with Crippen LogP contribution in [0.25, 0.3) is 0 Å². The van der Waals surface area contributed by atoms with Crippen LogP contribution in [0.1, 0.15) is 37.8 Å². The second kappa shape index (κ2) is 7.98. The number of hydrogen-bond acceptors (Lipinski definition) is 4. The first-order chi connectivity index (χ1) is 14.5. The zero-order chi connectivity index (χ0) is 21.3. The predicted octanol–water partition coefficient (Wildman–Crippen LogP) is 2.89. The molecule has 4 rings (SSSR count). The molecule has 3 aromatic rings. The Kier molecular flexibility index (Phi) is 5.22. The van der Waals surface area contributed by atoms with Gasteiger partial charge in [-0.1, -0.05) is 30.3 Å². The number of anilines is 1. The first-order valence-corrected chi connectivity index (χ1v) is 9.49. The number of carbonyl (C=O) groups excluding carboxylic acids is 2. The van der Waals surface area contributed by atoms with Gasteiger partial charge in [-0.05, 0) is 17.7 Å². The Balaban J connectivity index is 1.81. The first-order valence-electron chi connectivity index (χ1n) is 9.49. The molecule has 2 N–H and O–H groups in total. The van der Waals surface area contributed by atoms with Gasteiger partial charge in [0, 0.05) is 31.4 Å². The summed E-state index contributed by atoms with van der Waals surface area (Å²) in [6, 6.07) is 12.5. The molecule has 0 bridgehead atoms. The molecule has 2 aromatic carbocycles. The summed E-state index contributed by atoms with van der Waals surface area (Å²) < 4.78 is 21.3. The van der Waals surface area contributed by atoms with Crippen molar-refractivity contribution in [3.8, 4) is 5.75 Å². The van der Waals surface area contributed by atoms with Crippen molar-refractivity contribution in [1.82, 2.24) is 15.1 Å². The number of ether oxygens (including phenoxy) is 1. The van der Waals surface area contributed by atoms with Crippen LogP contribution in [0.4, 0.5) is 10.1 Å². The lowest BCUT2D eigenvalue weighted by atomic mass is 9.86. The van der Waals surface area contributed by atoms with Crippen molar-refractivity contribution in [3.63, 3.8) is 0 Å². The number of rotatable bonds is 5. The number of amides is 2. The van der Waals surface area contributed by atoms with Crippen molar-refractivity contribution >= 4 is 17.5 Å². The van der Waals surface area contributed by atoms with E-state index >= 15 is 0 Å². The molecule has 0 saturated carbocycles. The van der Waals surface area contributed by atoms with Crippen LogP contribution in [0.15, 0.2) is 54.9 Å². The van der Waals surface area contributed by atoms with Crippen molar-refractivity contribution in [2.45, 2.75) is 12.0 Å². The van der Waals surface area contributed by atoms with Crippen molar-refractivity contribution in [1.29, 1.82) is 0 Å². The zero-order valence-electron chi connectivity index (χ0n) is 16.6. The van der Waals surface area contributed by atoms with Gasteiger partial charge in [-0.2, -0.15) is 5.10 Å². The number of nitrogens with zero attached hydrogens (tertiary/aromatic N) is 2. The number of alkyl halides is 1. The highest BCUT2D eigenvalue weighted by Gasteiger charge is 2.39. The summed E-state index contributed by atoms with van der Waals surface area (Å²) in [4.78, 5) is 25.4. The van der Waals surface area contributed by atoms with E-state index in [2.05, 4.69) is 15.7 Å². The molecule has 7 nitrogen and oxygen atoms in total. The molecule has 2 heterocycles. The van der Waals surface area contributed by atoms with Gasteiger partial charge in [-0.3, -0.25) is 14.3 Å². The van der Waals surface area contributed by atoms with E-state index in [0.29, 0.717) is 17.0 Å². The second-order valence-corrected chi connectivity index (χ2v) is 7.08. The molecule has 0 fully saturated rings. The van der Waals surface area contributed by atoms with E-state index < -0.39 is 30.5 Å². The van der Waals surface area contributed by atoms with E-state index in [1.807, 2.05) is 30.3 Å². The van der Waals surface area contributed by atoms with Gasteiger partial charge in [0.1, 0.15) is 18.5 Å². The van der Waals surface area contributed by atoms with E-state index in [4.69, 9.17) is 4.74 Å². The van der Waals surface area contributed by atoms with E-state index in [0.717, 1.165) is 5.56 Å². The Hall–Kier alpha value is -3.68. The van der Waals surface area contributed by atoms with Gasteiger partial charge < -0.3 is 15.4 Å². The molecule has 2 atom stereocenters. The largest absolute Gasteiger partial charge is 0.486 e. The molecule has 30 heavy (non-hydrogen) atoms. The highest BCUT2D eigenvalue weighted by molar-refractivity contribution is 6.07. The number of aryl methyl sites for hydroxylation is 1. The molecule has 2 amide bonds. The van der Waals surface area contributed by atoms with Gasteiger partial charge in [0.15, 0.2) is 0 Å². The lowest BCUT2D eigenvalue weighted by Gasteiger charge is -2.16. The van der Waals surface area contributed by atoms with Crippen LogP contribution < -0.4 is 15.4 Å². The number of halogens is 1. The van der Waals surface area contributed by atoms with Crippen LogP contribution in [0.3, 0.4) is 0 Å². The SMILES string of the molecule is CNC(=O)c1cc(C(=O)Nc2cnn(C)c2)cc2c1O[C@H](CF)[C@H]2c1ccccc1. The van der Waals surface area contributed by atoms with Gasteiger partial charge in [-0.15, -0.1) is 0 Å². The summed E-state index contributed by atoms with van der Waals surface area (Å²) in [5.41, 5.74) is 2.47. The van der Waals surface area contributed by atoms with Gasteiger partial charge in [0.05, 0.1) is 23.4 Å². The number of benzene rings is 2. The quantitative estimate of drug-likeness (QED) is 0.680. The zero-order valence-corrected chi connectivity index (χ0v) is 16.6. The van der Waals surface area contributed by atoms with Gasteiger partial charge in [0.25, 0.3) is 11.8 Å². The molecule has 0 saturated heterocycles. The van der Waals surface area contributed by atoms with Gasteiger partial charge >= 0.3 is 0 Å². The van der Waals surface area contributed by atoms with E-state index in [1.54, 1.807) is 24.0 Å². The highest BCUT2D eigenvalue weighted by atomic mass is 19.1. The summed E-state index contributed by atoms with van der Waals surface area (Å²) in [5, 5.41) is 9.35. The average molecular weight is 408 g/mol. The van der Waals surface area contributed by atoms with E-state index in [-0.39, 0.29) is 11.1 Å². The molecule has 0 aliphatic carbocycles. The standard InChI is InChI=1S/C22H21FN4O3/c1-24-22(29)17-9-14(21(28)26-15-11-25-27(2)12-15)8-16-19(13-6-4-3-5-7-13)18(10-23)30-20(16)17/h3-9,11-12,18-19H,10H2,1-2H3,(H,24,29)(H,26,28)/t18-,19+/m1/s1. The van der Waals surface area contributed by atoms with Crippen molar-refractivity contribution in [3.05, 3.63) is 77.1 Å². The molecule has 154 valence electrons. The number of carbonyl (C=O) groups is 2. The maximum absolute atomic E-state index is 13.8. The molecular formula is C22H21FN4O3.